The molecule has 0 spiro atoms. The van der Waals surface area contributed by atoms with Crippen molar-refractivity contribution < 1.29 is 94.6 Å². The molecule has 0 amide bonds. The van der Waals surface area contributed by atoms with Crippen molar-refractivity contribution in [3.8, 4) is 0 Å². The van der Waals surface area contributed by atoms with E-state index in [1.165, 1.54) is 36.4 Å². The molecule has 0 bridgehead atoms. The Labute approximate surface area is 342 Å². The Kier molecular flexibility index (Phi) is 12.7. The number of carbonyl (C=O) groups excluding carboxylic acids is 2. The van der Waals surface area contributed by atoms with E-state index >= 15 is 0 Å². The van der Waals surface area contributed by atoms with Crippen LogP contribution in [0.5, 0.6) is 0 Å². The first-order valence-electron chi connectivity index (χ1n) is 14.5. The first-order chi connectivity index (χ1) is 23.7. The van der Waals surface area contributed by atoms with Gasteiger partial charge in [-0.1, -0.05) is 48.6 Å². The third-order valence-corrected chi connectivity index (χ3v) is 9.24. The van der Waals surface area contributed by atoms with Crippen molar-refractivity contribution in [2.75, 3.05) is 22.3 Å². The van der Waals surface area contributed by atoms with Gasteiger partial charge >= 0.3 is 59.1 Å². The van der Waals surface area contributed by atoms with E-state index in [-0.39, 0.29) is 92.7 Å². The van der Waals surface area contributed by atoms with E-state index in [9.17, 15) is 35.5 Å². The van der Waals surface area contributed by atoms with Gasteiger partial charge in [0.05, 0.1) is 21.2 Å². The molecule has 0 heterocycles. The van der Waals surface area contributed by atoms with Crippen LogP contribution in [0.25, 0.3) is 24.3 Å². The summed E-state index contributed by atoms with van der Waals surface area (Å²) in [6.45, 7) is 0. The number of hydrogen-bond acceptors (Lipinski definition) is 14. The Morgan fingerprint density at radius 1 is 0.558 bits per heavy atom. The summed E-state index contributed by atoms with van der Waals surface area (Å²) in [5.74, 6) is -1.53. The summed E-state index contributed by atoms with van der Waals surface area (Å²) >= 11 is 0. The molecule has 6 N–H and O–H groups in total. The molecular weight excluding hydrogens is 731 g/mol. The van der Waals surface area contributed by atoms with Crippen LogP contribution in [0.4, 0.5) is 22.7 Å². The summed E-state index contributed by atoms with van der Waals surface area (Å²) in [7, 11) is -10.0. The van der Waals surface area contributed by atoms with Gasteiger partial charge in [0.25, 0.3) is 0 Å². The van der Waals surface area contributed by atoms with Gasteiger partial charge in [0.1, 0.15) is 31.7 Å². The Morgan fingerprint density at radius 3 is 1.23 bits per heavy atom. The van der Waals surface area contributed by atoms with E-state index in [4.69, 9.17) is 11.5 Å². The third-order valence-electron chi connectivity index (χ3n) is 7.54. The summed E-state index contributed by atoms with van der Waals surface area (Å²) in [5.41, 5.74) is 19.3. The number of anilines is 4. The summed E-state index contributed by atoms with van der Waals surface area (Å²) in [5, 5.41) is 7.89. The normalized spacial score (nSPS) is 15.6. The second kappa shape index (κ2) is 16.2. The van der Waals surface area contributed by atoms with Crippen LogP contribution in [0, 0.1) is 0 Å². The molecule has 0 aromatic heterocycles. The predicted molar refractivity (Wildman–Crippen MR) is 190 cm³/mol. The minimum atomic E-state index is -5.02. The maximum atomic E-state index is 13.0. The molecule has 252 valence electrons. The van der Waals surface area contributed by atoms with Crippen LogP contribution in [-0.4, -0.2) is 48.9 Å². The molecule has 0 atom stereocenters. The molecule has 0 radical (unpaired) electrons. The molecule has 0 saturated heterocycles. The maximum absolute atomic E-state index is 13.0. The molecule has 6 rings (SSSR count). The minimum absolute atomic E-state index is 0. The zero-order valence-corrected chi connectivity index (χ0v) is 33.2. The molecular formula is C34H24N6Na2O8S2. The number of allylic oxidation sites excluding steroid dienone is 2. The first kappa shape index (κ1) is 40.6. The number of hydrazone groups is 2. The van der Waals surface area contributed by atoms with Crippen LogP contribution < -0.4 is 81.4 Å². The number of nitrogens with zero attached hydrogens (tertiary/aromatic N) is 2. The van der Waals surface area contributed by atoms with Gasteiger partial charge in [0, 0.05) is 22.5 Å². The van der Waals surface area contributed by atoms with Crippen molar-refractivity contribution in [3.05, 3.63) is 128 Å². The Bertz CT molecular complexity index is 2310. The summed E-state index contributed by atoms with van der Waals surface area (Å²) in [6, 6.07) is 22.1. The van der Waals surface area contributed by atoms with Crippen molar-refractivity contribution in [2.24, 2.45) is 10.2 Å². The summed E-state index contributed by atoms with van der Waals surface area (Å²) in [4.78, 5) is 24.5. The van der Waals surface area contributed by atoms with E-state index in [0.717, 1.165) is 23.3 Å². The van der Waals surface area contributed by atoms with Crippen molar-refractivity contribution >= 4 is 90.3 Å². The summed E-state index contributed by atoms with van der Waals surface area (Å²) in [6.07, 6.45) is 5.78. The van der Waals surface area contributed by atoms with Crippen molar-refractivity contribution in [1.82, 2.24) is 0 Å². The van der Waals surface area contributed by atoms with Gasteiger partial charge < -0.3 is 20.6 Å². The first-order valence-corrected chi connectivity index (χ1v) is 17.3. The Hall–Kier alpha value is -4.20. The number of Topliss-reactive ketones (excluding diaryl/α,β-unsaturated/α-hetero) is 2. The Morgan fingerprint density at radius 2 is 0.904 bits per heavy atom. The SMILES string of the molecule is Nc1ccc2c(c1)C(=O)/C(=N/Nc1ccc(/C=C/c3ccc(N/N=C4/C(=O)c5cc(N)ccc5C=C4S(=O)(=O)[O-])cc3)cc1)C(S(=O)(=O)[O-])=C2.[Na+].[Na+]. The van der Waals surface area contributed by atoms with Crippen molar-refractivity contribution in [2.45, 2.75) is 0 Å². The van der Waals surface area contributed by atoms with Gasteiger partial charge in [0.2, 0.25) is 11.6 Å². The van der Waals surface area contributed by atoms with E-state index in [0.29, 0.717) is 11.4 Å². The van der Waals surface area contributed by atoms with Crippen LogP contribution in [0.2, 0.25) is 0 Å². The molecule has 4 aromatic rings. The van der Waals surface area contributed by atoms with E-state index < -0.39 is 53.0 Å². The molecule has 0 aliphatic heterocycles. The summed E-state index contributed by atoms with van der Waals surface area (Å²) < 4.78 is 71.5. The predicted octanol–water partition coefficient (Wildman–Crippen LogP) is -1.87. The second-order valence-electron chi connectivity index (χ2n) is 11.0. The quantitative estimate of drug-likeness (QED) is 0.0508. The molecule has 0 saturated carbocycles. The van der Waals surface area contributed by atoms with Crippen molar-refractivity contribution in [1.29, 1.82) is 0 Å². The number of nitrogen functional groups attached to an aromatic ring is 2. The molecule has 4 aromatic carbocycles. The van der Waals surface area contributed by atoms with Crippen molar-refractivity contribution in [3.63, 3.8) is 0 Å². The van der Waals surface area contributed by atoms with Crippen LogP contribution in [-0.2, 0) is 20.2 Å². The van der Waals surface area contributed by atoms with Gasteiger partial charge in [0.15, 0.2) is 0 Å². The van der Waals surface area contributed by atoms with Gasteiger partial charge in [-0.05, 0) is 82.9 Å². The maximum Gasteiger partial charge on any atom is 1.00 e. The number of carbonyl (C=O) groups is 2. The molecule has 52 heavy (non-hydrogen) atoms. The fourth-order valence-electron chi connectivity index (χ4n) is 5.05. The monoisotopic (exact) mass is 754 g/mol. The minimum Gasteiger partial charge on any atom is -0.744 e. The second-order valence-corrected chi connectivity index (χ2v) is 13.7. The zero-order valence-electron chi connectivity index (χ0n) is 27.5. The standard InChI is InChI=1S/C34H26N6O8S2.2Na/c35-23-9-7-21-15-29(49(43,44)45)31(33(41)27(21)17-23)39-37-25-11-3-19(4-12-25)1-2-20-5-13-26(14-6-20)38-40-32-30(50(46,47)48)16-22-8-10-24(36)18-28(22)34(32)42;;/h1-18,37-38H,35-36H2,(H,43,44,45)(H,46,47,48);;/q;2*+1/p-2/b2-1+,39-31+,40-32+;;. The molecule has 2 aliphatic rings. The van der Waals surface area contributed by atoms with E-state index in [2.05, 4.69) is 21.1 Å². The zero-order chi connectivity index (χ0) is 35.8. The number of rotatable bonds is 8. The van der Waals surface area contributed by atoms with Crippen LogP contribution in [0.15, 0.2) is 105 Å². The molecule has 14 nitrogen and oxygen atoms in total. The van der Waals surface area contributed by atoms with E-state index in [1.54, 1.807) is 60.7 Å². The third kappa shape index (κ3) is 9.05. The average molecular weight is 755 g/mol. The number of hydrogen-bond donors (Lipinski definition) is 4. The number of ketones is 2. The fraction of sp³-hybridized carbons (Fsp3) is 0. The number of fused-ring (bicyclic) bond motifs is 2. The van der Waals surface area contributed by atoms with Crippen LogP contribution in [0.1, 0.15) is 43.0 Å². The van der Waals surface area contributed by atoms with Gasteiger partial charge in [-0.3, -0.25) is 20.4 Å². The molecule has 2 aliphatic carbocycles. The number of nitrogens with two attached hydrogens (primary N) is 2. The number of nitrogens with one attached hydrogen (secondary N) is 2. The van der Waals surface area contributed by atoms with Gasteiger partial charge in [-0.2, -0.15) is 10.2 Å². The van der Waals surface area contributed by atoms with Crippen LogP contribution in [0.3, 0.4) is 0 Å². The van der Waals surface area contributed by atoms with Gasteiger partial charge in [-0.25, -0.2) is 16.8 Å². The largest absolute Gasteiger partial charge is 1.00 e. The molecule has 0 unspecified atom stereocenters. The fourth-order valence-corrected chi connectivity index (χ4v) is 6.35. The topological polar surface area (TPSA) is 249 Å². The molecule has 18 heteroatoms. The van der Waals surface area contributed by atoms with Crippen LogP contribution >= 0.6 is 0 Å². The molecule has 0 fully saturated rings. The Balaban J connectivity index is 0.00000302. The smallest absolute Gasteiger partial charge is 0.744 e. The van der Waals surface area contributed by atoms with E-state index in [1.807, 2.05) is 0 Å². The number of benzene rings is 4. The van der Waals surface area contributed by atoms with Gasteiger partial charge in [-0.15, -0.1) is 0 Å². The average Bonchev–Trinajstić information content (AvgIpc) is 3.07.